The van der Waals surface area contributed by atoms with Gasteiger partial charge in [0.1, 0.15) is 0 Å². The molecule has 0 saturated carbocycles. The number of rotatable bonds is 2. The second-order valence-electron chi connectivity index (χ2n) is 4.64. The molecule has 3 heteroatoms. The largest absolute Gasteiger partial charge is 0.380 e. The van der Waals surface area contributed by atoms with Crippen LogP contribution >= 0.6 is 23.2 Å². The van der Waals surface area contributed by atoms with E-state index in [2.05, 4.69) is 17.4 Å². The summed E-state index contributed by atoms with van der Waals surface area (Å²) >= 11 is 12.2. The van der Waals surface area contributed by atoms with E-state index in [0.717, 1.165) is 28.6 Å². The van der Waals surface area contributed by atoms with Crippen LogP contribution in [-0.4, -0.2) is 6.04 Å². The number of hydrogen-bond donors (Lipinski definition) is 1. The molecule has 0 spiro atoms. The van der Waals surface area contributed by atoms with Crippen molar-refractivity contribution in [2.75, 3.05) is 5.32 Å². The van der Waals surface area contributed by atoms with E-state index in [-0.39, 0.29) is 0 Å². The van der Waals surface area contributed by atoms with Crippen LogP contribution in [0.1, 0.15) is 11.1 Å². The van der Waals surface area contributed by atoms with Gasteiger partial charge in [0.05, 0.1) is 10.7 Å². The molecule has 0 saturated heterocycles. The molecule has 1 N–H and O–H groups in total. The van der Waals surface area contributed by atoms with Gasteiger partial charge < -0.3 is 5.32 Å². The van der Waals surface area contributed by atoms with Crippen molar-refractivity contribution in [2.24, 2.45) is 0 Å². The topological polar surface area (TPSA) is 12.0 Å². The molecule has 2 aromatic rings. The monoisotopic (exact) mass is 277 g/mol. The highest BCUT2D eigenvalue weighted by atomic mass is 35.5. The Kier molecular flexibility index (Phi) is 3.19. The first-order valence-electron chi connectivity index (χ1n) is 6.01. The minimum atomic E-state index is 0.401. The lowest BCUT2D eigenvalue weighted by molar-refractivity contribution is 0.774. The second-order valence-corrected chi connectivity index (χ2v) is 5.49. The standard InChI is InChI=1S/C15H13Cl2N/c16-12-6-5-10-8-13(9-11(10)7-12)18-15-4-2-1-3-14(15)17/h1-7,13,18H,8-9H2. The Labute approximate surface area is 117 Å². The van der Waals surface area contributed by atoms with Crippen LogP contribution < -0.4 is 5.32 Å². The van der Waals surface area contributed by atoms with E-state index in [0.29, 0.717) is 6.04 Å². The van der Waals surface area contributed by atoms with Gasteiger partial charge in [0, 0.05) is 11.1 Å². The average Bonchev–Trinajstić information content (AvgIpc) is 2.73. The first-order chi connectivity index (χ1) is 8.72. The Balaban J connectivity index is 1.77. The molecule has 0 amide bonds. The molecular weight excluding hydrogens is 265 g/mol. The maximum absolute atomic E-state index is 6.16. The van der Waals surface area contributed by atoms with Crippen molar-refractivity contribution in [2.45, 2.75) is 18.9 Å². The van der Waals surface area contributed by atoms with Gasteiger partial charge >= 0.3 is 0 Å². The third-order valence-electron chi connectivity index (χ3n) is 3.33. The van der Waals surface area contributed by atoms with Crippen LogP contribution in [0.15, 0.2) is 42.5 Å². The molecule has 3 rings (SSSR count). The molecule has 92 valence electrons. The molecule has 0 aliphatic heterocycles. The maximum atomic E-state index is 6.16. The molecular formula is C15H13Cl2N. The summed E-state index contributed by atoms with van der Waals surface area (Å²) in [4.78, 5) is 0. The molecule has 0 bridgehead atoms. The SMILES string of the molecule is Clc1ccc2c(c1)CC(Nc1ccccc1Cl)C2. The Hall–Kier alpha value is -1.18. The average molecular weight is 278 g/mol. The van der Waals surface area contributed by atoms with E-state index in [1.165, 1.54) is 11.1 Å². The van der Waals surface area contributed by atoms with Gasteiger partial charge in [0.15, 0.2) is 0 Å². The molecule has 0 fully saturated rings. The van der Waals surface area contributed by atoms with Gasteiger partial charge in [-0.05, 0) is 48.2 Å². The van der Waals surface area contributed by atoms with Gasteiger partial charge in [0.2, 0.25) is 0 Å². The highest BCUT2D eigenvalue weighted by Gasteiger charge is 2.21. The number of para-hydroxylation sites is 1. The molecule has 2 aromatic carbocycles. The lowest BCUT2D eigenvalue weighted by Crippen LogP contribution is -2.19. The van der Waals surface area contributed by atoms with Crippen molar-refractivity contribution >= 4 is 28.9 Å². The smallest absolute Gasteiger partial charge is 0.0637 e. The van der Waals surface area contributed by atoms with Crippen molar-refractivity contribution in [3.05, 3.63) is 63.6 Å². The molecule has 0 heterocycles. The lowest BCUT2D eigenvalue weighted by Gasteiger charge is -2.14. The van der Waals surface area contributed by atoms with Crippen molar-refractivity contribution in [1.29, 1.82) is 0 Å². The molecule has 1 aliphatic carbocycles. The van der Waals surface area contributed by atoms with Crippen LogP contribution in [0.4, 0.5) is 5.69 Å². The van der Waals surface area contributed by atoms with Crippen LogP contribution in [-0.2, 0) is 12.8 Å². The van der Waals surface area contributed by atoms with Gasteiger partial charge in [-0.2, -0.15) is 0 Å². The van der Waals surface area contributed by atoms with Crippen LogP contribution in [0.25, 0.3) is 0 Å². The highest BCUT2D eigenvalue weighted by molar-refractivity contribution is 6.33. The molecule has 1 atom stereocenters. The fraction of sp³-hybridized carbons (Fsp3) is 0.200. The van der Waals surface area contributed by atoms with E-state index in [1.54, 1.807) is 0 Å². The molecule has 18 heavy (non-hydrogen) atoms. The normalized spacial score (nSPS) is 17.6. The number of anilines is 1. The van der Waals surface area contributed by atoms with Gasteiger partial charge in [-0.3, -0.25) is 0 Å². The van der Waals surface area contributed by atoms with Crippen molar-refractivity contribution in [3.63, 3.8) is 0 Å². The quantitative estimate of drug-likeness (QED) is 0.848. The van der Waals surface area contributed by atoms with Gasteiger partial charge in [-0.25, -0.2) is 0 Å². The first-order valence-corrected chi connectivity index (χ1v) is 6.76. The summed E-state index contributed by atoms with van der Waals surface area (Å²) in [7, 11) is 0. The molecule has 1 aliphatic rings. The molecule has 1 unspecified atom stereocenters. The summed E-state index contributed by atoms with van der Waals surface area (Å²) in [5.41, 5.74) is 3.72. The van der Waals surface area contributed by atoms with Crippen molar-refractivity contribution < 1.29 is 0 Å². The van der Waals surface area contributed by atoms with E-state index < -0.39 is 0 Å². The van der Waals surface area contributed by atoms with Gasteiger partial charge in [0.25, 0.3) is 0 Å². The van der Waals surface area contributed by atoms with E-state index in [9.17, 15) is 0 Å². The third-order valence-corrected chi connectivity index (χ3v) is 3.90. The minimum absolute atomic E-state index is 0.401. The first kappa shape index (κ1) is 11.9. The van der Waals surface area contributed by atoms with Crippen LogP contribution in [0.2, 0.25) is 10.0 Å². The van der Waals surface area contributed by atoms with Crippen LogP contribution in [0.5, 0.6) is 0 Å². The fourth-order valence-electron chi connectivity index (χ4n) is 2.49. The van der Waals surface area contributed by atoms with Crippen LogP contribution in [0, 0.1) is 0 Å². The Morgan fingerprint density at radius 3 is 2.56 bits per heavy atom. The fourth-order valence-corrected chi connectivity index (χ4v) is 2.87. The van der Waals surface area contributed by atoms with Gasteiger partial charge in [-0.15, -0.1) is 0 Å². The predicted molar refractivity (Wildman–Crippen MR) is 77.7 cm³/mol. The summed E-state index contributed by atoms with van der Waals surface area (Å²) < 4.78 is 0. The van der Waals surface area contributed by atoms with Crippen LogP contribution in [0.3, 0.4) is 0 Å². The summed E-state index contributed by atoms with van der Waals surface area (Å²) in [5.74, 6) is 0. The van der Waals surface area contributed by atoms with Gasteiger partial charge in [-0.1, -0.05) is 41.4 Å². The number of fused-ring (bicyclic) bond motifs is 1. The lowest BCUT2D eigenvalue weighted by atomic mass is 10.1. The molecule has 0 radical (unpaired) electrons. The number of hydrogen-bond acceptors (Lipinski definition) is 1. The Bertz CT molecular complexity index is 580. The minimum Gasteiger partial charge on any atom is -0.380 e. The van der Waals surface area contributed by atoms with E-state index in [4.69, 9.17) is 23.2 Å². The Morgan fingerprint density at radius 1 is 0.944 bits per heavy atom. The predicted octanol–water partition coefficient (Wildman–Crippen LogP) is 4.57. The Morgan fingerprint density at radius 2 is 1.72 bits per heavy atom. The summed E-state index contributed by atoms with van der Waals surface area (Å²) in [6.07, 6.45) is 2.03. The number of halogens is 2. The number of benzene rings is 2. The second kappa shape index (κ2) is 4.83. The zero-order valence-corrected chi connectivity index (χ0v) is 11.3. The highest BCUT2D eigenvalue weighted by Crippen LogP contribution is 2.29. The van der Waals surface area contributed by atoms with Crippen molar-refractivity contribution in [1.82, 2.24) is 0 Å². The molecule has 1 nitrogen and oxygen atoms in total. The third kappa shape index (κ3) is 2.33. The zero-order chi connectivity index (χ0) is 12.5. The zero-order valence-electron chi connectivity index (χ0n) is 9.79. The summed E-state index contributed by atoms with van der Waals surface area (Å²) in [6.45, 7) is 0. The number of nitrogens with one attached hydrogen (secondary N) is 1. The van der Waals surface area contributed by atoms with Crippen molar-refractivity contribution in [3.8, 4) is 0 Å². The van der Waals surface area contributed by atoms with E-state index >= 15 is 0 Å². The summed E-state index contributed by atoms with van der Waals surface area (Å²) in [5, 5.41) is 5.08. The molecule has 0 aromatic heterocycles. The maximum Gasteiger partial charge on any atom is 0.0637 e. The van der Waals surface area contributed by atoms with E-state index in [1.807, 2.05) is 30.3 Å². The summed E-state index contributed by atoms with van der Waals surface area (Å²) in [6, 6.07) is 14.4.